The summed E-state index contributed by atoms with van der Waals surface area (Å²) in [6, 6.07) is 1.76. The third-order valence-corrected chi connectivity index (χ3v) is 1.66. The van der Waals surface area contributed by atoms with Gasteiger partial charge in [-0.1, -0.05) is 0 Å². The lowest BCUT2D eigenvalue weighted by Crippen LogP contribution is -2.28. The highest BCUT2D eigenvalue weighted by Gasteiger charge is 2.14. The largest absolute Gasteiger partial charge is 0.366 e. The van der Waals surface area contributed by atoms with Crippen LogP contribution in [0.4, 0.5) is 0 Å². The number of amides is 1. The lowest BCUT2D eigenvalue weighted by molar-refractivity contribution is -0.114. The van der Waals surface area contributed by atoms with Crippen LogP contribution in [0.25, 0.3) is 0 Å². The van der Waals surface area contributed by atoms with Crippen molar-refractivity contribution in [1.29, 1.82) is 5.26 Å². The molecule has 0 radical (unpaired) electrons. The summed E-state index contributed by atoms with van der Waals surface area (Å²) < 4.78 is 0. The summed E-state index contributed by atoms with van der Waals surface area (Å²) in [7, 11) is 1.72. The minimum absolute atomic E-state index is 0.298. The van der Waals surface area contributed by atoms with Crippen molar-refractivity contribution in [2.75, 3.05) is 7.05 Å². The van der Waals surface area contributed by atoms with Gasteiger partial charge in [0.15, 0.2) is 0 Å². The standard InChI is InChI=1S/C8H9N3O/c1-11-5-6(8(10)12)2-3-7(11)4-9/h2-3,5,7H,1H3,(H2,10,12). The van der Waals surface area contributed by atoms with E-state index >= 15 is 0 Å². The van der Waals surface area contributed by atoms with E-state index < -0.39 is 5.91 Å². The lowest BCUT2D eigenvalue weighted by atomic mass is 10.1. The predicted octanol–water partition coefficient (Wildman–Crippen LogP) is -0.251. The molecule has 1 unspecified atom stereocenters. The molecule has 2 N–H and O–H groups in total. The maximum Gasteiger partial charge on any atom is 0.250 e. The first-order chi connectivity index (χ1) is 5.65. The van der Waals surface area contributed by atoms with Crippen LogP contribution in [-0.2, 0) is 4.79 Å². The first-order valence-corrected chi connectivity index (χ1v) is 3.46. The van der Waals surface area contributed by atoms with Crippen LogP contribution >= 0.6 is 0 Å². The molecule has 12 heavy (non-hydrogen) atoms. The number of nitrogens with zero attached hydrogens (tertiary/aromatic N) is 2. The molecule has 62 valence electrons. The van der Waals surface area contributed by atoms with Crippen LogP contribution < -0.4 is 5.73 Å². The number of nitrogens with two attached hydrogens (primary N) is 1. The van der Waals surface area contributed by atoms with Crippen LogP contribution in [0.1, 0.15) is 0 Å². The van der Waals surface area contributed by atoms with Gasteiger partial charge in [0.25, 0.3) is 0 Å². The third-order valence-electron chi connectivity index (χ3n) is 1.66. The second-order valence-electron chi connectivity index (χ2n) is 2.55. The van der Waals surface area contributed by atoms with Crippen LogP contribution in [0, 0.1) is 11.3 Å². The number of likely N-dealkylation sites (N-methyl/N-ethyl adjacent to an activating group) is 1. The number of carbonyl (C=O) groups excluding carboxylic acids is 1. The fourth-order valence-corrected chi connectivity index (χ4v) is 0.953. The average molecular weight is 163 g/mol. The monoisotopic (exact) mass is 163 g/mol. The summed E-state index contributed by atoms with van der Waals surface area (Å²) in [6.45, 7) is 0. The van der Waals surface area contributed by atoms with Gasteiger partial charge >= 0.3 is 0 Å². The molecule has 0 saturated carbocycles. The summed E-state index contributed by atoms with van der Waals surface area (Å²) in [5, 5.41) is 8.60. The van der Waals surface area contributed by atoms with Crippen molar-refractivity contribution in [3.63, 3.8) is 0 Å². The van der Waals surface area contributed by atoms with E-state index in [1.54, 1.807) is 30.3 Å². The molecule has 4 nitrogen and oxygen atoms in total. The van der Waals surface area contributed by atoms with Crippen LogP contribution in [-0.4, -0.2) is 23.9 Å². The van der Waals surface area contributed by atoms with Crippen molar-refractivity contribution in [3.8, 4) is 6.07 Å². The van der Waals surface area contributed by atoms with Crippen molar-refractivity contribution in [3.05, 3.63) is 23.9 Å². The molecule has 1 aliphatic heterocycles. The third kappa shape index (κ3) is 1.45. The van der Waals surface area contributed by atoms with Gasteiger partial charge in [0.1, 0.15) is 6.04 Å². The second-order valence-corrected chi connectivity index (χ2v) is 2.55. The predicted molar refractivity (Wildman–Crippen MR) is 43.6 cm³/mol. The summed E-state index contributed by atoms with van der Waals surface area (Å²) in [5.41, 5.74) is 5.47. The van der Waals surface area contributed by atoms with Crippen LogP contribution in [0.15, 0.2) is 23.9 Å². The van der Waals surface area contributed by atoms with Gasteiger partial charge in [-0.15, -0.1) is 0 Å². The smallest absolute Gasteiger partial charge is 0.250 e. The Morgan fingerprint density at radius 2 is 2.50 bits per heavy atom. The van der Waals surface area contributed by atoms with Gasteiger partial charge in [-0.05, 0) is 12.2 Å². The molecule has 0 aliphatic carbocycles. The number of rotatable bonds is 1. The fourth-order valence-electron chi connectivity index (χ4n) is 0.953. The topological polar surface area (TPSA) is 70.1 Å². The molecule has 0 spiro atoms. The molecule has 0 saturated heterocycles. The van der Waals surface area contributed by atoms with E-state index in [9.17, 15) is 4.79 Å². The van der Waals surface area contributed by atoms with E-state index in [2.05, 4.69) is 6.07 Å². The fraction of sp³-hybridized carbons (Fsp3) is 0.250. The highest BCUT2D eigenvalue weighted by molar-refractivity contribution is 5.94. The summed E-state index contributed by atoms with van der Waals surface area (Å²) in [4.78, 5) is 12.3. The molecule has 1 atom stereocenters. The van der Waals surface area contributed by atoms with E-state index in [4.69, 9.17) is 11.0 Å². The van der Waals surface area contributed by atoms with Crippen molar-refractivity contribution in [2.45, 2.75) is 6.04 Å². The van der Waals surface area contributed by atoms with Gasteiger partial charge in [0.2, 0.25) is 5.91 Å². The van der Waals surface area contributed by atoms with Crippen molar-refractivity contribution in [2.24, 2.45) is 5.73 Å². The lowest BCUT2D eigenvalue weighted by Gasteiger charge is -2.21. The molecule has 0 aromatic heterocycles. The van der Waals surface area contributed by atoms with E-state index in [0.717, 1.165) is 0 Å². The molecule has 0 aromatic rings. The molecule has 1 heterocycles. The number of hydrogen-bond donors (Lipinski definition) is 1. The Labute approximate surface area is 70.6 Å². The summed E-state index contributed by atoms with van der Waals surface area (Å²) >= 11 is 0. The minimum Gasteiger partial charge on any atom is -0.366 e. The van der Waals surface area contributed by atoms with E-state index in [1.807, 2.05) is 0 Å². The minimum atomic E-state index is -0.477. The zero-order valence-electron chi connectivity index (χ0n) is 6.69. The highest BCUT2D eigenvalue weighted by atomic mass is 16.1. The first kappa shape index (κ1) is 8.34. The van der Waals surface area contributed by atoms with Gasteiger partial charge in [-0.25, -0.2) is 0 Å². The van der Waals surface area contributed by atoms with Crippen LogP contribution in [0.5, 0.6) is 0 Å². The summed E-state index contributed by atoms with van der Waals surface area (Å²) in [5.74, 6) is -0.477. The molecule has 1 rings (SSSR count). The Hall–Kier alpha value is -1.76. The van der Waals surface area contributed by atoms with Crippen LogP contribution in [0.2, 0.25) is 0 Å². The normalized spacial score (nSPS) is 21.5. The zero-order valence-corrected chi connectivity index (χ0v) is 6.69. The van der Waals surface area contributed by atoms with E-state index in [-0.39, 0.29) is 6.04 Å². The van der Waals surface area contributed by atoms with Gasteiger partial charge in [0.05, 0.1) is 11.6 Å². The number of carbonyl (C=O) groups is 1. The number of hydrogen-bond acceptors (Lipinski definition) is 3. The Morgan fingerprint density at radius 3 is 2.92 bits per heavy atom. The number of nitriles is 1. The molecule has 0 aromatic carbocycles. The molecule has 1 aliphatic rings. The van der Waals surface area contributed by atoms with Gasteiger partial charge in [0, 0.05) is 13.2 Å². The Bertz CT molecular complexity index is 298. The van der Waals surface area contributed by atoms with Gasteiger partial charge < -0.3 is 10.6 Å². The molecule has 0 bridgehead atoms. The van der Waals surface area contributed by atoms with E-state index in [0.29, 0.717) is 5.57 Å². The SMILES string of the molecule is CN1C=C(C(N)=O)C=CC1C#N. The van der Waals surface area contributed by atoms with Gasteiger partial charge in [-0.2, -0.15) is 5.26 Å². The molecule has 4 heteroatoms. The molecular formula is C8H9N3O. The van der Waals surface area contributed by atoms with Gasteiger partial charge in [-0.3, -0.25) is 4.79 Å². The van der Waals surface area contributed by atoms with Crippen molar-refractivity contribution >= 4 is 5.91 Å². The molecule has 0 fully saturated rings. The maximum atomic E-state index is 10.7. The van der Waals surface area contributed by atoms with Crippen LogP contribution in [0.3, 0.4) is 0 Å². The Balaban J connectivity index is 2.84. The number of primary amides is 1. The van der Waals surface area contributed by atoms with Crippen molar-refractivity contribution in [1.82, 2.24) is 4.90 Å². The average Bonchev–Trinajstić information content (AvgIpc) is 2.04. The van der Waals surface area contributed by atoms with E-state index in [1.165, 1.54) is 0 Å². The van der Waals surface area contributed by atoms with Crippen molar-refractivity contribution < 1.29 is 4.79 Å². The molecule has 1 amide bonds. The Morgan fingerprint density at radius 1 is 1.83 bits per heavy atom. The molecular weight excluding hydrogens is 154 g/mol. The second kappa shape index (κ2) is 3.09. The first-order valence-electron chi connectivity index (χ1n) is 3.46. The zero-order chi connectivity index (χ0) is 9.14. The highest BCUT2D eigenvalue weighted by Crippen LogP contribution is 2.10. The summed E-state index contributed by atoms with van der Waals surface area (Å²) in [6.07, 6.45) is 4.77. The Kier molecular flexibility index (Phi) is 2.15. The maximum absolute atomic E-state index is 10.7. The quantitative estimate of drug-likeness (QED) is 0.579.